The predicted octanol–water partition coefficient (Wildman–Crippen LogP) is 4.58. The Balaban J connectivity index is 2.05. The van der Waals surface area contributed by atoms with Crippen molar-refractivity contribution in [1.82, 2.24) is 0 Å². The molecule has 2 nitrogen and oxygen atoms in total. The van der Waals surface area contributed by atoms with Crippen LogP contribution in [0, 0.1) is 26.2 Å². The highest BCUT2D eigenvalue weighted by Crippen LogP contribution is 2.26. The third-order valence-electron chi connectivity index (χ3n) is 3.39. The minimum atomic E-state index is 0.222. The summed E-state index contributed by atoms with van der Waals surface area (Å²) in [4.78, 5) is 0. The summed E-state index contributed by atoms with van der Waals surface area (Å²) >= 11 is 6.18. The zero-order chi connectivity index (χ0) is 15.2. The van der Waals surface area contributed by atoms with E-state index in [1.54, 1.807) is 0 Å². The Labute approximate surface area is 131 Å². The first-order chi connectivity index (χ1) is 10.1. The van der Waals surface area contributed by atoms with Crippen molar-refractivity contribution in [2.45, 2.75) is 20.4 Å². The van der Waals surface area contributed by atoms with Crippen LogP contribution < -0.4 is 10.1 Å². The fourth-order valence-corrected chi connectivity index (χ4v) is 2.29. The van der Waals surface area contributed by atoms with Crippen molar-refractivity contribution in [3.8, 4) is 18.1 Å². The van der Waals surface area contributed by atoms with Crippen LogP contribution in [0.15, 0.2) is 36.4 Å². The number of hydrogen-bond acceptors (Lipinski definition) is 2. The van der Waals surface area contributed by atoms with Crippen LogP contribution in [-0.4, -0.2) is 6.61 Å². The number of ether oxygens (including phenoxy) is 1. The van der Waals surface area contributed by atoms with Gasteiger partial charge in [-0.15, -0.1) is 6.42 Å². The van der Waals surface area contributed by atoms with Crippen molar-refractivity contribution in [3.63, 3.8) is 0 Å². The fourth-order valence-electron chi connectivity index (χ4n) is 2.03. The molecule has 0 fully saturated rings. The number of hydrogen-bond donors (Lipinski definition) is 1. The first-order valence-electron chi connectivity index (χ1n) is 6.76. The van der Waals surface area contributed by atoms with E-state index < -0.39 is 0 Å². The van der Waals surface area contributed by atoms with Crippen LogP contribution in [0.2, 0.25) is 5.02 Å². The molecule has 0 amide bonds. The predicted molar refractivity (Wildman–Crippen MR) is 89.0 cm³/mol. The second-order valence-electron chi connectivity index (χ2n) is 4.86. The maximum atomic E-state index is 6.18. The Hall–Kier alpha value is -2.11. The summed E-state index contributed by atoms with van der Waals surface area (Å²) in [5, 5.41) is 4.00. The first-order valence-corrected chi connectivity index (χ1v) is 7.14. The van der Waals surface area contributed by atoms with Gasteiger partial charge >= 0.3 is 0 Å². The van der Waals surface area contributed by atoms with Crippen molar-refractivity contribution >= 4 is 17.3 Å². The third kappa shape index (κ3) is 3.93. The number of rotatable bonds is 5. The van der Waals surface area contributed by atoms with E-state index in [0.29, 0.717) is 17.3 Å². The molecule has 0 saturated heterocycles. The van der Waals surface area contributed by atoms with Crippen molar-refractivity contribution in [2.24, 2.45) is 0 Å². The highest BCUT2D eigenvalue weighted by molar-refractivity contribution is 6.32. The molecule has 2 aromatic carbocycles. The minimum Gasteiger partial charge on any atom is -0.479 e. The van der Waals surface area contributed by atoms with Gasteiger partial charge in [0.25, 0.3) is 0 Å². The van der Waals surface area contributed by atoms with Crippen LogP contribution in [0.5, 0.6) is 5.75 Å². The van der Waals surface area contributed by atoms with Crippen LogP contribution in [0.3, 0.4) is 0 Å². The van der Waals surface area contributed by atoms with Gasteiger partial charge in [0.2, 0.25) is 0 Å². The van der Waals surface area contributed by atoms with E-state index >= 15 is 0 Å². The summed E-state index contributed by atoms with van der Waals surface area (Å²) in [7, 11) is 0. The number of benzene rings is 2. The van der Waals surface area contributed by atoms with Gasteiger partial charge in [-0.2, -0.15) is 0 Å². The van der Waals surface area contributed by atoms with Crippen molar-refractivity contribution in [1.29, 1.82) is 0 Å². The minimum absolute atomic E-state index is 0.222. The molecule has 3 heteroatoms. The molecule has 1 N–H and O–H groups in total. The van der Waals surface area contributed by atoms with E-state index in [2.05, 4.69) is 43.3 Å². The van der Waals surface area contributed by atoms with Gasteiger partial charge in [-0.1, -0.05) is 35.7 Å². The smallest absolute Gasteiger partial charge is 0.148 e. The SMILES string of the molecule is C#CCOc1ccc(CNc2cccc(C)c2C)cc1Cl. The molecule has 0 bridgehead atoms. The van der Waals surface area contributed by atoms with Gasteiger partial charge in [-0.25, -0.2) is 0 Å². The molecule has 21 heavy (non-hydrogen) atoms. The molecule has 0 unspecified atom stereocenters. The molecule has 2 rings (SSSR count). The second kappa shape index (κ2) is 7.06. The molecular weight excluding hydrogens is 282 g/mol. The lowest BCUT2D eigenvalue weighted by Crippen LogP contribution is -2.02. The van der Waals surface area contributed by atoms with Crippen LogP contribution in [-0.2, 0) is 6.54 Å². The highest BCUT2D eigenvalue weighted by Gasteiger charge is 2.04. The highest BCUT2D eigenvalue weighted by atomic mass is 35.5. The van der Waals surface area contributed by atoms with Crippen molar-refractivity contribution in [3.05, 3.63) is 58.1 Å². The lowest BCUT2D eigenvalue weighted by molar-refractivity contribution is 0.370. The average Bonchev–Trinajstić information content (AvgIpc) is 2.48. The van der Waals surface area contributed by atoms with E-state index in [-0.39, 0.29) is 6.61 Å². The number of halogens is 1. The monoisotopic (exact) mass is 299 g/mol. The summed E-state index contributed by atoms with van der Waals surface area (Å²) in [5.74, 6) is 3.04. The molecule has 0 heterocycles. The van der Waals surface area contributed by atoms with Gasteiger partial charge < -0.3 is 10.1 Å². The number of terminal acetylenes is 1. The average molecular weight is 300 g/mol. The standard InChI is InChI=1S/C18H18ClNO/c1-4-10-21-18-9-8-15(11-16(18)19)12-20-17-7-5-6-13(2)14(17)3/h1,5-9,11,20H,10,12H2,2-3H3. The van der Waals surface area contributed by atoms with E-state index in [0.717, 1.165) is 11.3 Å². The topological polar surface area (TPSA) is 21.3 Å². The normalized spacial score (nSPS) is 10.0. The summed E-state index contributed by atoms with van der Waals surface area (Å²) in [6, 6.07) is 12.0. The van der Waals surface area contributed by atoms with Gasteiger partial charge in [-0.05, 0) is 48.7 Å². The second-order valence-corrected chi connectivity index (χ2v) is 5.27. The molecule has 0 saturated carbocycles. The Morgan fingerprint density at radius 1 is 1.24 bits per heavy atom. The molecule has 0 aliphatic carbocycles. The van der Waals surface area contributed by atoms with Crippen LogP contribution in [0.25, 0.3) is 0 Å². The molecule has 108 valence electrons. The summed E-state index contributed by atoms with van der Waals surface area (Å²) in [5.41, 5.74) is 4.77. The lowest BCUT2D eigenvalue weighted by atomic mass is 10.1. The fraction of sp³-hybridized carbons (Fsp3) is 0.222. The number of nitrogens with one attached hydrogen (secondary N) is 1. The molecule has 2 aromatic rings. The zero-order valence-electron chi connectivity index (χ0n) is 12.2. The van der Waals surface area contributed by atoms with Crippen molar-refractivity contribution < 1.29 is 4.74 Å². The largest absolute Gasteiger partial charge is 0.479 e. The van der Waals surface area contributed by atoms with E-state index in [9.17, 15) is 0 Å². The van der Waals surface area contributed by atoms with E-state index in [1.807, 2.05) is 18.2 Å². The van der Waals surface area contributed by atoms with Gasteiger partial charge in [0.05, 0.1) is 5.02 Å². The summed E-state index contributed by atoms with van der Waals surface area (Å²) in [6.45, 7) is 5.15. The van der Waals surface area contributed by atoms with Crippen molar-refractivity contribution in [2.75, 3.05) is 11.9 Å². The molecule has 0 aliphatic rings. The summed E-state index contributed by atoms with van der Waals surface area (Å²) < 4.78 is 5.35. The van der Waals surface area contributed by atoms with Crippen LogP contribution >= 0.6 is 11.6 Å². The number of aryl methyl sites for hydroxylation is 1. The Morgan fingerprint density at radius 3 is 2.76 bits per heavy atom. The maximum Gasteiger partial charge on any atom is 0.148 e. The Morgan fingerprint density at radius 2 is 2.05 bits per heavy atom. The van der Waals surface area contributed by atoms with Gasteiger partial charge in [0.15, 0.2) is 0 Å². The zero-order valence-corrected chi connectivity index (χ0v) is 13.0. The maximum absolute atomic E-state index is 6.18. The van der Waals surface area contributed by atoms with Gasteiger partial charge in [0.1, 0.15) is 12.4 Å². The van der Waals surface area contributed by atoms with Crippen LogP contribution in [0.4, 0.5) is 5.69 Å². The Bertz CT molecular complexity index is 673. The molecule has 0 atom stereocenters. The lowest BCUT2D eigenvalue weighted by Gasteiger charge is -2.12. The quantitative estimate of drug-likeness (QED) is 0.816. The van der Waals surface area contributed by atoms with Gasteiger partial charge in [-0.3, -0.25) is 0 Å². The first kappa shape index (κ1) is 15.3. The molecule has 0 aromatic heterocycles. The van der Waals surface area contributed by atoms with E-state index in [1.165, 1.54) is 11.1 Å². The molecule has 0 aliphatic heterocycles. The third-order valence-corrected chi connectivity index (χ3v) is 3.69. The van der Waals surface area contributed by atoms with E-state index in [4.69, 9.17) is 22.8 Å². The molecule has 0 spiro atoms. The van der Waals surface area contributed by atoms with Gasteiger partial charge in [0, 0.05) is 12.2 Å². The summed E-state index contributed by atoms with van der Waals surface area (Å²) in [6.07, 6.45) is 5.17. The molecular formula is C18H18ClNO. The Kier molecular flexibility index (Phi) is 5.14. The molecule has 0 radical (unpaired) electrons. The number of anilines is 1. The van der Waals surface area contributed by atoms with Crippen LogP contribution in [0.1, 0.15) is 16.7 Å².